The van der Waals surface area contributed by atoms with Gasteiger partial charge in [-0.3, -0.25) is 4.98 Å². The molecule has 0 spiro atoms. The monoisotopic (exact) mass is 359 g/mol. The SMILES string of the molecule is COc1ccc(CCc2nccc(C(=O)O)c2C(=O)O)c(C(C)C)c1O. The van der Waals surface area contributed by atoms with Crippen LogP contribution >= 0.6 is 0 Å². The summed E-state index contributed by atoms with van der Waals surface area (Å²) >= 11 is 0. The van der Waals surface area contributed by atoms with Crippen molar-refractivity contribution in [1.29, 1.82) is 0 Å². The number of rotatable bonds is 7. The van der Waals surface area contributed by atoms with Crippen LogP contribution in [0.3, 0.4) is 0 Å². The second-order valence-corrected chi connectivity index (χ2v) is 6.13. The Hall–Kier alpha value is -3.09. The number of carboxylic acid groups (broad SMARTS) is 2. The van der Waals surface area contributed by atoms with Crippen molar-refractivity contribution in [2.75, 3.05) is 7.11 Å². The molecule has 7 heteroatoms. The smallest absolute Gasteiger partial charge is 0.338 e. The summed E-state index contributed by atoms with van der Waals surface area (Å²) in [7, 11) is 1.47. The van der Waals surface area contributed by atoms with Crippen molar-refractivity contribution in [1.82, 2.24) is 4.98 Å². The third-order valence-corrected chi connectivity index (χ3v) is 4.17. The van der Waals surface area contributed by atoms with Gasteiger partial charge in [-0.1, -0.05) is 19.9 Å². The number of pyridine rings is 1. The van der Waals surface area contributed by atoms with Gasteiger partial charge in [0.25, 0.3) is 0 Å². The molecule has 1 aromatic carbocycles. The van der Waals surface area contributed by atoms with Crippen molar-refractivity contribution >= 4 is 11.9 Å². The normalized spacial score (nSPS) is 10.8. The molecule has 138 valence electrons. The molecule has 1 aromatic heterocycles. The summed E-state index contributed by atoms with van der Waals surface area (Å²) in [5, 5.41) is 29.0. The average molecular weight is 359 g/mol. The second kappa shape index (κ2) is 7.86. The molecule has 0 amide bonds. The number of carboxylic acids is 2. The van der Waals surface area contributed by atoms with Gasteiger partial charge in [-0.25, -0.2) is 9.59 Å². The zero-order valence-corrected chi connectivity index (χ0v) is 14.8. The molecule has 0 saturated carbocycles. The number of aromatic hydroxyl groups is 1. The van der Waals surface area contributed by atoms with Crippen molar-refractivity contribution in [3.8, 4) is 11.5 Å². The lowest BCUT2D eigenvalue weighted by Crippen LogP contribution is -2.14. The highest BCUT2D eigenvalue weighted by Crippen LogP contribution is 2.37. The molecule has 2 aromatic rings. The van der Waals surface area contributed by atoms with Crippen LogP contribution in [0.25, 0.3) is 0 Å². The van der Waals surface area contributed by atoms with E-state index in [1.807, 2.05) is 19.9 Å². The van der Waals surface area contributed by atoms with Crippen LogP contribution in [0.1, 0.15) is 57.3 Å². The molecular formula is C19H21NO6. The quantitative estimate of drug-likeness (QED) is 0.695. The van der Waals surface area contributed by atoms with Crippen molar-refractivity contribution in [2.24, 2.45) is 0 Å². The van der Waals surface area contributed by atoms with Gasteiger partial charge in [0.05, 0.1) is 23.9 Å². The topological polar surface area (TPSA) is 117 Å². The number of nitrogens with zero attached hydrogens (tertiary/aromatic N) is 1. The molecule has 0 saturated heterocycles. The first kappa shape index (κ1) is 19.2. The standard InChI is InChI=1S/C19H21NO6/c1-10(2)15-11(5-7-14(26-3)17(15)21)4-6-13-16(19(24)25)12(18(22)23)8-9-20-13/h5,7-10,21H,4,6H2,1-3H3,(H,22,23)(H,24,25). The molecule has 0 unspecified atom stereocenters. The Bertz CT molecular complexity index is 844. The number of carbonyl (C=O) groups is 2. The molecule has 2 rings (SSSR count). The third-order valence-electron chi connectivity index (χ3n) is 4.17. The van der Waals surface area contributed by atoms with E-state index in [1.165, 1.54) is 19.4 Å². The lowest BCUT2D eigenvalue weighted by molar-refractivity contribution is 0.0649. The minimum atomic E-state index is -1.33. The fourth-order valence-corrected chi connectivity index (χ4v) is 3.02. The highest BCUT2D eigenvalue weighted by atomic mass is 16.5. The molecule has 0 bridgehead atoms. The van der Waals surface area contributed by atoms with E-state index in [2.05, 4.69) is 4.98 Å². The van der Waals surface area contributed by atoms with E-state index >= 15 is 0 Å². The van der Waals surface area contributed by atoms with E-state index in [0.717, 1.165) is 11.1 Å². The first-order valence-electron chi connectivity index (χ1n) is 8.11. The fourth-order valence-electron chi connectivity index (χ4n) is 3.02. The van der Waals surface area contributed by atoms with Crippen LogP contribution in [0.4, 0.5) is 0 Å². The molecule has 3 N–H and O–H groups in total. The number of phenols is 1. The van der Waals surface area contributed by atoms with Crippen LogP contribution in [-0.4, -0.2) is 39.4 Å². The molecule has 7 nitrogen and oxygen atoms in total. The summed E-state index contributed by atoms with van der Waals surface area (Å²) in [5.74, 6) is -2.18. The predicted molar refractivity (Wildman–Crippen MR) is 94.3 cm³/mol. The molecular weight excluding hydrogens is 338 g/mol. The van der Waals surface area contributed by atoms with Gasteiger partial charge in [0.2, 0.25) is 0 Å². The summed E-state index contributed by atoms with van der Waals surface area (Å²) in [6.45, 7) is 3.87. The Morgan fingerprint density at radius 3 is 2.35 bits per heavy atom. The molecule has 1 heterocycles. The molecule has 0 atom stereocenters. The zero-order chi connectivity index (χ0) is 19.4. The van der Waals surface area contributed by atoms with E-state index in [1.54, 1.807) is 6.07 Å². The second-order valence-electron chi connectivity index (χ2n) is 6.13. The lowest BCUT2D eigenvalue weighted by Gasteiger charge is -2.17. The number of aromatic nitrogens is 1. The summed E-state index contributed by atoms with van der Waals surface area (Å²) in [6.07, 6.45) is 1.93. The van der Waals surface area contributed by atoms with Gasteiger partial charge in [-0.15, -0.1) is 0 Å². The van der Waals surface area contributed by atoms with Crippen molar-refractivity contribution < 1.29 is 29.6 Å². The number of aryl methyl sites for hydroxylation is 2. The maximum Gasteiger partial charge on any atom is 0.338 e. The molecule has 0 aliphatic heterocycles. The average Bonchev–Trinajstić information content (AvgIpc) is 2.58. The van der Waals surface area contributed by atoms with Gasteiger partial charge >= 0.3 is 11.9 Å². The van der Waals surface area contributed by atoms with Crippen molar-refractivity contribution in [2.45, 2.75) is 32.6 Å². The number of hydrogen-bond donors (Lipinski definition) is 3. The molecule has 0 aliphatic carbocycles. The maximum atomic E-state index is 11.5. The van der Waals surface area contributed by atoms with Crippen LogP contribution in [-0.2, 0) is 12.8 Å². The summed E-state index contributed by atoms with van der Waals surface area (Å²) < 4.78 is 5.14. The van der Waals surface area contributed by atoms with Gasteiger partial charge in [0.1, 0.15) is 0 Å². The van der Waals surface area contributed by atoms with E-state index in [-0.39, 0.29) is 34.9 Å². The van der Waals surface area contributed by atoms with Crippen molar-refractivity contribution in [3.63, 3.8) is 0 Å². The van der Waals surface area contributed by atoms with Crippen LogP contribution < -0.4 is 4.74 Å². The van der Waals surface area contributed by atoms with Crippen LogP contribution in [0, 0.1) is 0 Å². The highest BCUT2D eigenvalue weighted by Gasteiger charge is 2.22. The fraction of sp³-hybridized carbons (Fsp3) is 0.316. The first-order chi connectivity index (χ1) is 12.3. The number of aromatic carboxylic acids is 2. The number of methoxy groups -OCH3 is 1. The van der Waals surface area contributed by atoms with Gasteiger partial charge < -0.3 is 20.1 Å². The van der Waals surface area contributed by atoms with E-state index in [0.29, 0.717) is 12.2 Å². The maximum absolute atomic E-state index is 11.5. The number of benzene rings is 1. The van der Waals surface area contributed by atoms with Gasteiger partial charge in [0.15, 0.2) is 11.5 Å². The molecule has 0 fully saturated rings. The number of ether oxygens (including phenoxy) is 1. The van der Waals surface area contributed by atoms with Gasteiger partial charge in [-0.2, -0.15) is 0 Å². The molecule has 0 aliphatic rings. The Balaban J connectivity index is 2.41. The third kappa shape index (κ3) is 3.77. The van der Waals surface area contributed by atoms with E-state index in [9.17, 15) is 24.9 Å². The van der Waals surface area contributed by atoms with Crippen LogP contribution in [0.5, 0.6) is 11.5 Å². The lowest BCUT2D eigenvalue weighted by atomic mass is 9.91. The Kier molecular flexibility index (Phi) is 5.82. The predicted octanol–water partition coefficient (Wildman–Crippen LogP) is 3.10. The summed E-state index contributed by atoms with van der Waals surface area (Å²) in [6, 6.07) is 4.64. The van der Waals surface area contributed by atoms with Gasteiger partial charge in [-0.05, 0) is 36.5 Å². The number of phenolic OH excluding ortho intramolecular Hbond substituents is 1. The number of hydrogen-bond acceptors (Lipinski definition) is 5. The minimum absolute atomic E-state index is 0.0253. The van der Waals surface area contributed by atoms with E-state index in [4.69, 9.17) is 4.74 Å². The highest BCUT2D eigenvalue weighted by molar-refractivity contribution is 6.02. The van der Waals surface area contributed by atoms with E-state index < -0.39 is 11.9 Å². The largest absolute Gasteiger partial charge is 0.504 e. The molecule has 26 heavy (non-hydrogen) atoms. The Labute approximate surface area is 150 Å². The molecule has 0 radical (unpaired) electrons. The minimum Gasteiger partial charge on any atom is -0.504 e. The Morgan fingerprint density at radius 1 is 1.12 bits per heavy atom. The van der Waals surface area contributed by atoms with Gasteiger partial charge in [0, 0.05) is 11.8 Å². The van der Waals surface area contributed by atoms with Crippen molar-refractivity contribution in [3.05, 3.63) is 52.3 Å². The Morgan fingerprint density at radius 2 is 1.81 bits per heavy atom. The zero-order valence-electron chi connectivity index (χ0n) is 14.8. The summed E-state index contributed by atoms with van der Waals surface area (Å²) in [4.78, 5) is 26.8. The summed E-state index contributed by atoms with van der Waals surface area (Å²) in [5.41, 5.74) is 1.16. The van der Waals surface area contributed by atoms with Crippen LogP contribution in [0.2, 0.25) is 0 Å². The first-order valence-corrected chi connectivity index (χ1v) is 8.11. The van der Waals surface area contributed by atoms with Crippen LogP contribution in [0.15, 0.2) is 24.4 Å².